The van der Waals surface area contributed by atoms with Crippen LogP contribution in [0.2, 0.25) is 5.02 Å². The average Bonchev–Trinajstić information content (AvgIpc) is 2.62. The molecule has 2 aromatic carbocycles. The van der Waals surface area contributed by atoms with Crippen molar-refractivity contribution in [3.8, 4) is 6.07 Å². The predicted octanol–water partition coefficient (Wildman–Crippen LogP) is 5.64. The summed E-state index contributed by atoms with van der Waals surface area (Å²) in [5.74, 6) is 0.730. The lowest BCUT2D eigenvalue weighted by atomic mass is 10.2. The molecule has 0 aliphatic carbocycles. The van der Waals surface area contributed by atoms with Crippen molar-refractivity contribution in [3.63, 3.8) is 0 Å². The van der Waals surface area contributed by atoms with E-state index in [9.17, 15) is 5.26 Å². The molecule has 0 saturated heterocycles. The first kappa shape index (κ1) is 16.4. The molecule has 3 aromatic rings. The Morgan fingerprint density at radius 2 is 1.79 bits per heavy atom. The number of rotatable bonds is 5. The quantitative estimate of drug-likeness (QED) is 0.604. The van der Waals surface area contributed by atoms with Crippen LogP contribution >= 0.6 is 23.4 Å². The van der Waals surface area contributed by atoms with E-state index in [2.05, 4.69) is 16.4 Å². The zero-order chi connectivity index (χ0) is 16.8. The van der Waals surface area contributed by atoms with Gasteiger partial charge in [-0.25, -0.2) is 4.98 Å². The van der Waals surface area contributed by atoms with Crippen LogP contribution in [0.4, 0.5) is 11.4 Å². The van der Waals surface area contributed by atoms with Crippen LogP contribution in [0.25, 0.3) is 0 Å². The fourth-order valence-electron chi connectivity index (χ4n) is 2.17. The standard InChI is InChI=1S/C19H14ClN3S/c20-15-8-6-14(7-9-15)13-24-19-17(12-21)18(10-11-22-19)23-16-4-2-1-3-5-16/h1-11H,13H2,(H,22,23). The third-order valence-electron chi connectivity index (χ3n) is 3.37. The van der Waals surface area contributed by atoms with E-state index in [0.29, 0.717) is 15.6 Å². The van der Waals surface area contributed by atoms with E-state index in [1.54, 1.807) is 6.20 Å². The molecule has 0 bridgehead atoms. The number of hydrogen-bond acceptors (Lipinski definition) is 4. The van der Waals surface area contributed by atoms with E-state index < -0.39 is 0 Å². The molecule has 5 heteroatoms. The van der Waals surface area contributed by atoms with Gasteiger partial charge in [-0.05, 0) is 35.9 Å². The zero-order valence-corrected chi connectivity index (χ0v) is 14.3. The Hall–Kier alpha value is -2.48. The number of thioether (sulfide) groups is 1. The molecule has 118 valence electrons. The Morgan fingerprint density at radius 1 is 1.04 bits per heavy atom. The van der Waals surface area contributed by atoms with Gasteiger partial charge in [-0.1, -0.05) is 41.9 Å². The molecule has 1 aromatic heterocycles. The maximum atomic E-state index is 9.55. The van der Waals surface area contributed by atoms with Crippen LogP contribution in [-0.2, 0) is 5.75 Å². The second kappa shape index (κ2) is 7.87. The van der Waals surface area contributed by atoms with Gasteiger partial charge in [0, 0.05) is 22.7 Å². The number of hydrogen-bond donors (Lipinski definition) is 1. The van der Waals surface area contributed by atoms with Gasteiger partial charge in [-0.2, -0.15) is 5.26 Å². The molecule has 0 aliphatic heterocycles. The number of benzene rings is 2. The summed E-state index contributed by atoms with van der Waals surface area (Å²) in [5.41, 5.74) is 3.39. The Morgan fingerprint density at radius 3 is 2.50 bits per heavy atom. The Bertz CT molecular complexity index is 858. The smallest absolute Gasteiger partial charge is 0.116 e. The van der Waals surface area contributed by atoms with Gasteiger partial charge >= 0.3 is 0 Å². The summed E-state index contributed by atoms with van der Waals surface area (Å²) in [5, 5.41) is 14.3. The predicted molar refractivity (Wildman–Crippen MR) is 99.7 cm³/mol. The highest BCUT2D eigenvalue weighted by Gasteiger charge is 2.10. The lowest BCUT2D eigenvalue weighted by Gasteiger charge is -2.10. The molecule has 3 nitrogen and oxygen atoms in total. The van der Waals surface area contributed by atoms with Crippen molar-refractivity contribution < 1.29 is 0 Å². The number of halogens is 1. The molecule has 0 radical (unpaired) electrons. The zero-order valence-electron chi connectivity index (χ0n) is 12.7. The molecule has 3 rings (SSSR count). The van der Waals surface area contributed by atoms with E-state index >= 15 is 0 Å². The highest BCUT2D eigenvalue weighted by atomic mass is 35.5. The third kappa shape index (κ3) is 4.08. The number of pyridine rings is 1. The SMILES string of the molecule is N#Cc1c(Nc2ccccc2)ccnc1SCc1ccc(Cl)cc1. The molecule has 1 heterocycles. The van der Waals surface area contributed by atoms with Gasteiger partial charge < -0.3 is 5.32 Å². The molecular weight excluding hydrogens is 338 g/mol. The Kier molecular flexibility index (Phi) is 5.37. The second-order valence-electron chi connectivity index (χ2n) is 5.06. The van der Waals surface area contributed by atoms with Gasteiger partial charge in [0.2, 0.25) is 0 Å². The van der Waals surface area contributed by atoms with Crippen LogP contribution in [0, 0.1) is 11.3 Å². The third-order valence-corrected chi connectivity index (χ3v) is 4.68. The number of anilines is 2. The number of para-hydroxylation sites is 1. The minimum atomic E-state index is 0.556. The fourth-order valence-corrected chi connectivity index (χ4v) is 3.23. The average molecular weight is 352 g/mol. The molecule has 1 N–H and O–H groups in total. The topological polar surface area (TPSA) is 48.7 Å². The van der Waals surface area contributed by atoms with Gasteiger partial charge in [0.15, 0.2) is 0 Å². The molecule has 24 heavy (non-hydrogen) atoms. The van der Waals surface area contributed by atoms with Gasteiger partial charge in [0.05, 0.1) is 5.69 Å². The number of nitrogens with zero attached hydrogens (tertiary/aromatic N) is 2. The molecule has 0 spiro atoms. The van der Waals surface area contributed by atoms with Crippen molar-refractivity contribution in [3.05, 3.63) is 83.0 Å². The minimum Gasteiger partial charge on any atom is -0.354 e. The van der Waals surface area contributed by atoms with Crippen molar-refractivity contribution in [2.75, 3.05) is 5.32 Å². The number of nitrogens with one attached hydrogen (secondary N) is 1. The van der Waals surface area contributed by atoms with E-state index in [1.807, 2.05) is 60.7 Å². The lowest BCUT2D eigenvalue weighted by molar-refractivity contribution is 1.11. The first-order valence-electron chi connectivity index (χ1n) is 7.34. The van der Waals surface area contributed by atoms with Gasteiger partial charge in [0.1, 0.15) is 16.7 Å². The molecule has 0 aliphatic rings. The minimum absolute atomic E-state index is 0.556. The summed E-state index contributed by atoms with van der Waals surface area (Å²) in [4.78, 5) is 4.36. The number of nitriles is 1. The lowest BCUT2D eigenvalue weighted by Crippen LogP contribution is -1.97. The van der Waals surface area contributed by atoms with Crippen LogP contribution in [-0.4, -0.2) is 4.98 Å². The summed E-state index contributed by atoms with van der Waals surface area (Å²) < 4.78 is 0. The summed E-state index contributed by atoms with van der Waals surface area (Å²) in [6.45, 7) is 0. The van der Waals surface area contributed by atoms with Crippen molar-refractivity contribution in [1.29, 1.82) is 5.26 Å². The van der Waals surface area contributed by atoms with E-state index in [4.69, 9.17) is 11.6 Å². The summed E-state index contributed by atoms with van der Waals surface area (Å²) in [6.07, 6.45) is 1.72. The van der Waals surface area contributed by atoms with Crippen LogP contribution < -0.4 is 5.32 Å². The van der Waals surface area contributed by atoms with Crippen molar-refractivity contribution in [2.45, 2.75) is 10.8 Å². The van der Waals surface area contributed by atoms with Crippen molar-refractivity contribution >= 4 is 34.7 Å². The fraction of sp³-hybridized carbons (Fsp3) is 0.0526. The maximum absolute atomic E-state index is 9.55. The van der Waals surface area contributed by atoms with Crippen LogP contribution in [0.1, 0.15) is 11.1 Å². The molecule has 0 unspecified atom stereocenters. The van der Waals surface area contributed by atoms with E-state index in [0.717, 1.165) is 22.7 Å². The largest absolute Gasteiger partial charge is 0.354 e. The first-order valence-corrected chi connectivity index (χ1v) is 8.71. The molecular formula is C19H14ClN3S. The summed E-state index contributed by atoms with van der Waals surface area (Å²) in [7, 11) is 0. The molecule has 0 amide bonds. The first-order chi connectivity index (χ1) is 11.8. The monoisotopic (exact) mass is 351 g/mol. The number of aromatic nitrogens is 1. The van der Waals surface area contributed by atoms with Gasteiger partial charge in [-0.15, -0.1) is 11.8 Å². The molecule has 0 fully saturated rings. The van der Waals surface area contributed by atoms with Crippen LogP contribution in [0.15, 0.2) is 71.9 Å². The van der Waals surface area contributed by atoms with Crippen LogP contribution in [0.5, 0.6) is 0 Å². The maximum Gasteiger partial charge on any atom is 0.116 e. The Labute approximate surface area is 150 Å². The second-order valence-corrected chi connectivity index (χ2v) is 6.46. The van der Waals surface area contributed by atoms with Crippen LogP contribution in [0.3, 0.4) is 0 Å². The summed E-state index contributed by atoms with van der Waals surface area (Å²) >= 11 is 7.44. The highest BCUT2D eigenvalue weighted by Crippen LogP contribution is 2.30. The summed E-state index contributed by atoms with van der Waals surface area (Å²) in [6, 6.07) is 21.5. The molecule has 0 atom stereocenters. The van der Waals surface area contributed by atoms with Gasteiger partial charge in [0.25, 0.3) is 0 Å². The highest BCUT2D eigenvalue weighted by molar-refractivity contribution is 7.98. The normalized spacial score (nSPS) is 10.2. The van der Waals surface area contributed by atoms with Crippen molar-refractivity contribution in [1.82, 2.24) is 4.98 Å². The van der Waals surface area contributed by atoms with E-state index in [-0.39, 0.29) is 0 Å². The van der Waals surface area contributed by atoms with Crippen molar-refractivity contribution in [2.24, 2.45) is 0 Å². The molecule has 0 saturated carbocycles. The van der Waals surface area contributed by atoms with E-state index in [1.165, 1.54) is 11.8 Å². The Balaban J connectivity index is 1.79. The van der Waals surface area contributed by atoms with Gasteiger partial charge in [-0.3, -0.25) is 0 Å².